The van der Waals surface area contributed by atoms with Gasteiger partial charge in [-0.2, -0.15) is 11.8 Å². The Morgan fingerprint density at radius 3 is 1.81 bits per heavy atom. The third kappa shape index (κ3) is 7.59. The predicted octanol–water partition coefficient (Wildman–Crippen LogP) is 6.43. The van der Waals surface area contributed by atoms with Gasteiger partial charge in [0.2, 0.25) is 0 Å². The lowest BCUT2D eigenvalue weighted by Crippen LogP contribution is -2.45. The Morgan fingerprint density at radius 1 is 0.750 bits per heavy atom. The Bertz CT molecular complexity index is 1000. The van der Waals surface area contributed by atoms with Crippen LogP contribution in [0.25, 0.3) is 0 Å². The maximum Gasteiger partial charge on any atom is 0.148 e. The van der Waals surface area contributed by atoms with E-state index in [1.807, 2.05) is 73.7 Å². The van der Waals surface area contributed by atoms with E-state index in [1.54, 1.807) is 11.8 Å². The number of thioether (sulfide) groups is 1. The van der Waals surface area contributed by atoms with E-state index in [9.17, 15) is 10.2 Å². The third-order valence-electron chi connectivity index (χ3n) is 6.91. The first-order chi connectivity index (χ1) is 17.5. The Kier molecular flexibility index (Phi) is 11.8. The van der Waals surface area contributed by atoms with Gasteiger partial charge < -0.3 is 14.8 Å². The topological polar surface area (TPSA) is 57.5 Å². The zero-order valence-corrected chi connectivity index (χ0v) is 23.3. The van der Waals surface area contributed by atoms with Gasteiger partial charge in [-0.25, -0.2) is 0 Å². The number of rotatable bonds is 15. The molecule has 0 aliphatic rings. The van der Waals surface area contributed by atoms with Crippen LogP contribution in [0, 0.1) is 0 Å². The van der Waals surface area contributed by atoms with Gasteiger partial charge in [0.05, 0.1) is 12.2 Å². The van der Waals surface area contributed by atoms with Crippen LogP contribution in [0.3, 0.4) is 0 Å². The maximum absolute atomic E-state index is 15.0. The molecule has 0 heterocycles. The summed E-state index contributed by atoms with van der Waals surface area (Å²) in [5, 5.41) is 24.2. The van der Waals surface area contributed by atoms with Crippen LogP contribution >= 0.6 is 18.9 Å². The quantitative estimate of drug-likeness (QED) is 0.178. The summed E-state index contributed by atoms with van der Waals surface area (Å²) >= 11 is 1.68. The molecule has 3 aromatic carbocycles. The van der Waals surface area contributed by atoms with E-state index in [4.69, 9.17) is 0 Å². The van der Waals surface area contributed by atoms with Crippen molar-refractivity contribution < 1.29 is 14.8 Å². The SMILES string of the molecule is CCCCC[C@@H]([C@H](O)[C@H](O)[C@H](C)SCCCc1ccccc1)P(=O)(c1ccccc1)c1ccccc1. The van der Waals surface area contributed by atoms with Crippen LogP contribution in [0.15, 0.2) is 91.0 Å². The molecule has 0 saturated carbocycles. The highest BCUT2D eigenvalue weighted by Crippen LogP contribution is 2.52. The molecule has 36 heavy (non-hydrogen) atoms. The maximum atomic E-state index is 15.0. The van der Waals surface area contributed by atoms with E-state index in [2.05, 4.69) is 31.2 Å². The second-order valence-electron chi connectivity index (χ2n) is 9.54. The van der Waals surface area contributed by atoms with Crippen LogP contribution < -0.4 is 10.6 Å². The van der Waals surface area contributed by atoms with Gasteiger partial charge >= 0.3 is 0 Å². The van der Waals surface area contributed by atoms with E-state index >= 15 is 4.57 Å². The normalized spacial score (nSPS) is 15.2. The zero-order chi connectivity index (χ0) is 25.8. The van der Waals surface area contributed by atoms with Crippen molar-refractivity contribution in [2.45, 2.75) is 75.5 Å². The molecule has 5 heteroatoms. The molecule has 4 atom stereocenters. The molecule has 2 N–H and O–H groups in total. The van der Waals surface area contributed by atoms with Crippen molar-refractivity contribution in [3.8, 4) is 0 Å². The molecule has 0 saturated heterocycles. The van der Waals surface area contributed by atoms with Crippen LogP contribution in [-0.4, -0.2) is 39.1 Å². The summed E-state index contributed by atoms with van der Waals surface area (Å²) < 4.78 is 15.0. The molecule has 3 nitrogen and oxygen atoms in total. The first-order valence-electron chi connectivity index (χ1n) is 13.2. The zero-order valence-electron chi connectivity index (χ0n) is 21.6. The molecule has 3 rings (SSSR count). The number of aryl methyl sites for hydroxylation is 1. The molecule has 0 amide bonds. The van der Waals surface area contributed by atoms with Gasteiger partial charge in [-0.3, -0.25) is 0 Å². The van der Waals surface area contributed by atoms with E-state index in [1.165, 1.54) is 5.56 Å². The smallest absolute Gasteiger partial charge is 0.148 e. The summed E-state index contributed by atoms with van der Waals surface area (Å²) in [5.41, 5.74) is 0.769. The lowest BCUT2D eigenvalue weighted by Gasteiger charge is -2.36. The minimum Gasteiger partial charge on any atom is -0.390 e. The van der Waals surface area contributed by atoms with Crippen LogP contribution in [0.5, 0.6) is 0 Å². The number of hydrogen-bond acceptors (Lipinski definition) is 4. The molecule has 0 radical (unpaired) electrons. The van der Waals surface area contributed by atoms with Crippen molar-refractivity contribution in [1.29, 1.82) is 0 Å². The van der Waals surface area contributed by atoms with Crippen LogP contribution in [-0.2, 0) is 11.0 Å². The summed E-state index contributed by atoms with van der Waals surface area (Å²) in [6, 6.07) is 29.5. The first-order valence-corrected chi connectivity index (χ1v) is 16.0. The average Bonchev–Trinajstić information content (AvgIpc) is 2.93. The average molecular weight is 525 g/mol. The molecule has 0 unspecified atom stereocenters. The Morgan fingerprint density at radius 2 is 1.28 bits per heavy atom. The van der Waals surface area contributed by atoms with Gasteiger partial charge in [0.25, 0.3) is 0 Å². The molecular formula is C31H41O3PS. The summed E-state index contributed by atoms with van der Waals surface area (Å²) in [6.45, 7) is 4.11. The molecule has 0 aliphatic carbocycles. The standard InChI is InChI=1S/C31H41O3PS/c1-3-4-8-23-29(35(34,27-19-11-6-12-20-27)28-21-13-7-14-22-28)31(33)30(32)25(2)36-24-15-18-26-16-9-5-10-17-26/h5-7,9-14,16-17,19-22,25,29-33H,3-4,8,15,18,23-24H2,1-2H3/t25-,29-,30+,31-/m0/s1. The summed E-state index contributed by atoms with van der Waals surface area (Å²) in [4.78, 5) is 0. The third-order valence-corrected chi connectivity index (χ3v) is 11.9. The minimum absolute atomic E-state index is 0.163. The number of benzene rings is 3. The molecule has 0 fully saturated rings. The predicted molar refractivity (Wildman–Crippen MR) is 156 cm³/mol. The fourth-order valence-electron chi connectivity index (χ4n) is 4.80. The van der Waals surface area contributed by atoms with Crippen molar-refractivity contribution in [1.82, 2.24) is 0 Å². The lowest BCUT2D eigenvalue weighted by atomic mass is 10.0. The van der Waals surface area contributed by atoms with Gasteiger partial charge in [-0.05, 0) is 30.6 Å². The van der Waals surface area contributed by atoms with Crippen LogP contribution in [0.4, 0.5) is 0 Å². The molecule has 0 bridgehead atoms. The minimum atomic E-state index is -3.22. The van der Waals surface area contributed by atoms with Crippen molar-refractivity contribution in [3.05, 3.63) is 96.6 Å². The summed E-state index contributed by atoms with van der Waals surface area (Å²) in [5.74, 6) is 0.898. The molecule has 0 aliphatic heterocycles. The van der Waals surface area contributed by atoms with Crippen molar-refractivity contribution in [3.63, 3.8) is 0 Å². The Labute approximate surface area is 221 Å². The summed E-state index contributed by atoms with van der Waals surface area (Å²) in [6.07, 6.45) is 3.49. The van der Waals surface area contributed by atoms with E-state index in [0.717, 1.165) is 48.5 Å². The number of aliphatic hydroxyl groups excluding tert-OH is 2. The first kappa shape index (κ1) is 28.7. The summed E-state index contributed by atoms with van der Waals surface area (Å²) in [7, 11) is -3.22. The fraction of sp³-hybridized carbons (Fsp3) is 0.419. The second-order valence-corrected chi connectivity index (χ2v) is 14.0. The Balaban J connectivity index is 1.79. The largest absolute Gasteiger partial charge is 0.390 e. The van der Waals surface area contributed by atoms with Gasteiger partial charge in [0, 0.05) is 21.5 Å². The van der Waals surface area contributed by atoms with Crippen LogP contribution in [0.1, 0.15) is 51.5 Å². The second kappa shape index (κ2) is 14.8. The van der Waals surface area contributed by atoms with Crippen molar-refractivity contribution >= 4 is 29.5 Å². The van der Waals surface area contributed by atoms with Gasteiger partial charge in [-0.15, -0.1) is 0 Å². The highest BCUT2D eigenvalue weighted by molar-refractivity contribution is 7.99. The highest BCUT2D eigenvalue weighted by atomic mass is 32.2. The molecule has 0 aromatic heterocycles. The van der Waals surface area contributed by atoms with E-state index in [0.29, 0.717) is 6.42 Å². The van der Waals surface area contributed by atoms with Gasteiger partial charge in [0.15, 0.2) is 0 Å². The highest BCUT2D eigenvalue weighted by Gasteiger charge is 2.43. The lowest BCUT2D eigenvalue weighted by molar-refractivity contribution is 0.0170. The molecular weight excluding hydrogens is 483 g/mol. The van der Waals surface area contributed by atoms with Gasteiger partial charge in [0.1, 0.15) is 7.14 Å². The van der Waals surface area contributed by atoms with Crippen LogP contribution in [0.2, 0.25) is 0 Å². The number of hydrogen-bond donors (Lipinski definition) is 2. The fourth-order valence-corrected chi connectivity index (χ4v) is 9.28. The van der Waals surface area contributed by atoms with E-state index in [-0.39, 0.29) is 5.25 Å². The van der Waals surface area contributed by atoms with Crippen molar-refractivity contribution in [2.24, 2.45) is 0 Å². The molecule has 0 spiro atoms. The Hall–Kier alpha value is -1.84. The van der Waals surface area contributed by atoms with E-state index < -0.39 is 25.0 Å². The van der Waals surface area contributed by atoms with Crippen molar-refractivity contribution in [2.75, 3.05) is 5.75 Å². The molecule has 3 aromatic rings. The van der Waals surface area contributed by atoms with Gasteiger partial charge in [-0.1, -0.05) is 124 Å². The molecule has 194 valence electrons. The monoisotopic (exact) mass is 524 g/mol. The number of unbranched alkanes of at least 4 members (excludes halogenated alkanes) is 2. The number of aliphatic hydroxyl groups is 2.